The van der Waals surface area contributed by atoms with Gasteiger partial charge in [0.05, 0.1) is 6.04 Å². The van der Waals surface area contributed by atoms with Crippen LogP contribution in [-0.4, -0.2) is 22.3 Å². The number of carbonyl (C=O) groups is 1. The summed E-state index contributed by atoms with van der Waals surface area (Å²) in [6, 6.07) is 2.30. The summed E-state index contributed by atoms with van der Waals surface area (Å²) in [5, 5.41) is 0. The molecule has 0 N–H and O–H groups in total. The van der Waals surface area contributed by atoms with Crippen molar-refractivity contribution in [2.24, 2.45) is 0 Å². The van der Waals surface area contributed by atoms with E-state index < -0.39 is 0 Å². The van der Waals surface area contributed by atoms with E-state index in [4.69, 9.17) is 0 Å². The molecular formula is C12H16N2O. The van der Waals surface area contributed by atoms with Gasteiger partial charge in [-0.1, -0.05) is 0 Å². The molecule has 0 saturated carbocycles. The Balaban J connectivity index is 2.30. The van der Waals surface area contributed by atoms with Crippen molar-refractivity contribution in [3.63, 3.8) is 0 Å². The number of aromatic nitrogens is 1. The quantitative estimate of drug-likeness (QED) is 0.701. The molecule has 1 saturated heterocycles. The molecule has 1 fully saturated rings. The number of pyridine rings is 1. The lowest BCUT2D eigenvalue weighted by Gasteiger charge is -2.24. The molecule has 1 aliphatic rings. The fourth-order valence-corrected chi connectivity index (χ4v) is 2.32. The first-order chi connectivity index (χ1) is 7.20. The number of likely N-dealkylation sites (tertiary alicyclic amines) is 1. The third-order valence-corrected chi connectivity index (χ3v) is 3.08. The van der Waals surface area contributed by atoms with Crippen molar-refractivity contribution in [3.05, 3.63) is 29.6 Å². The minimum absolute atomic E-state index is 0.175. The van der Waals surface area contributed by atoms with Gasteiger partial charge in [0.2, 0.25) is 5.91 Å². The Morgan fingerprint density at radius 1 is 1.60 bits per heavy atom. The normalized spacial score (nSPS) is 20.7. The summed E-state index contributed by atoms with van der Waals surface area (Å²) in [5.74, 6) is 0.175. The first kappa shape index (κ1) is 10.1. The Hall–Kier alpha value is -1.38. The van der Waals surface area contributed by atoms with Crippen molar-refractivity contribution in [1.29, 1.82) is 0 Å². The predicted octanol–water partition coefficient (Wildman–Crippen LogP) is 2.07. The van der Waals surface area contributed by atoms with Crippen molar-refractivity contribution in [2.75, 3.05) is 6.54 Å². The van der Waals surface area contributed by atoms with E-state index in [0.29, 0.717) is 0 Å². The van der Waals surface area contributed by atoms with Gasteiger partial charge in [-0.2, -0.15) is 0 Å². The maximum Gasteiger partial charge on any atom is 0.219 e. The van der Waals surface area contributed by atoms with Crippen molar-refractivity contribution >= 4 is 5.91 Å². The monoisotopic (exact) mass is 204 g/mol. The minimum atomic E-state index is 0.175. The molecule has 0 spiro atoms. The van der Waals surface area contributed by atoms with Gasteiger partial charge in [0, 0.05) is 25.9 Å². The lowest BCUT2D eigenvalue weighted by molar-refractivity contribution is -0.129. The summed E-state index contributed by atoms with van der Waals surface area (Å²) in [6.45, 7) is 4.59. The van der Waals surface area contributed by atoms with Crippen LogP contribution in [0.2, 0.25) is 0 Å². The Morgan fingerprint density at radius 3 is 3.07 bits per heavy atom. The highest BCUT2D eigenvalue weighted by Crippen LogP contribution is 2.32. The molecule has 0 aliphatic carbocycles. The first-order valence-electron chi connectivity index (χ1n) is 5.38. The summed E-state index contributed by atoms with van der Waals surface area (Å²) in [6.07, 6.45) is 5.85. The summed E-state index contributed by atoms with van der Waals surface area (Å²) in [4.78, 5) is 17.5. The molecule has 1 aromatic heterocycles. The fraction of sp³-hybridized carbons (Fsp3) is 0.500. The van der Waals surface area contributed by atoms with E-state index in [1.165, 1.54) is 11.1 Å². The number of hydrogen-bond acceptors (Lipinski definition) is 2. The molecule has 1 unspecified atom stereocenters. The Bertz CT molecular complexity index is 376. The maximum atomic E-state index is 11.5. The van der Waals surface area contributed by atoms with Crippen LogP contribution in [0.25, 0.3) is 0 Å². The van der Waals surface area contributed by atoms with Crippen LogP contribution in [0.5, 0.6) is 0 Å². The minimum Gasteiger partial charge on any atom is -0.336 e. The largest absolute Gasteiger partial charge is 0.336 e. The number of hydrogen-bond donors (Lipinski definition) is 0. The fourth-order valence-electron chi connectivity index (χ4n) is 2.32. The second-order valence-electron chi connectivity index (χ2n) is 4.10. The zero-order valence-corrected chi connectivity index (χ0v) is 9.23. The van der Waals surface area contributed by atoms with Crippen molar-refractivity contribution in [1.82, 2.24) is 9.88 Å². The molecule has 0 aromatic carbocycles. The van der Waals surface area contributed by atoms with Gasteiger partial charge in [-0.05, 0) is 37.0 Å². The zero-order valence-electron chi connectivity index (χ0n) is 9.23. The molecule has 2 rings (SSSR count). The van der Waals surface area contributed by atoms with E-state index in [9.17, 15) is 4.79 Å². The third-order valence-electron chi connectivity index (χ3n) is 3.08. The van der Waals surface area contributed by atoms with Crippen LogP contribution in [0.1, 0.15) is 36.9 Å². The molecule has 0 radical (unpaired) electrons. The molecule has 3 heteroatoms. The van der Waals surface area contributed by atoms with Crippen LogP contribution in [0.4, 0.5) is 0 Å². The first-order valence-corrected chi connectivity index (χ1v) is 5.38. The van der Waals surface area contributed by atoms with E-state index in [0.717, 1.165) is 19.4 Å². The zero-order chi connectivity index (χ0) is 10.8. The summed E-state index contributed by atoms with van der Waals surface area (Å²) in [5.41, 5.74) is 2.42. The van der Waals surface area contributed by atoms with Gasteiger partial charge in [-0.3, -0.25) is 9.78 Å². The number of aryl methyl sites for hydroxylation is 1. The van der Waals surface area contributed by atoms with Crippen molar-refractivity contribution in [2.45, 2.75) is 32.7 Å². The van der Waals surface area contributed by atoms with Crippen LogP contribution < -0.4 is 0 Å². The summed E-state index contributed by atoms with van der Waals surface area (Å²) in [7, 11) is 0. The maximum absolute atomic E-state index is 11.5. The standard InChI is InChI=1S/C12H16N2O/c1-9-8-13-6-5-11(9)12-4-3-7-14(12)10(2)15/h5-6,8,12H,3-4,7H2,1-2H3. The second-order valence-corrected chi connectivity index (χ2v) is 4.10. The summed E-state index contributed by atoms with van der Waals surface area (Å²) < 4.78 is 0. The van der Waals surface area contributed by atoms with Crippen molar-refractivity contribution < 1.29 is 4.79 Å². The van der Waals surface area contributed by atoms with E-state index in [1.807, 2.05) is 17.2 Å². The lowest BCUT2D eigenvalue weighted by atomic mass is 10.0. The average molecular weight is 204 g/mol. The molecule has 1 aliphatic heterocycles. The van der Waals surface area contributed by atoms with Crippen molar-refractivity contribution in [3.8, 4) is 0 Å². The van der Waals surface area contributed by atoms with Crippen LogP contribution in [0, 0.1) is 6.92 Å². The van der Waals surface area contributed by atoms with Crippen LogP contribution in [-0.2, 0) is 4.79 Å². The summed E-state index contributed by atoms with van der Waals surface area (Å²) >= 11 is 0. The molecule has 1 aromatic rings. The highest BCUT2D eigenvalue weighted by atomic mass is 16.2. The van der Waals surface area contributed by atoms with Gasteiger partial charge in [-0.25, -0.2) is 0 Å². The van der Waals surface area contributed by atoms with E-state index in [-0.39, 0.29) is 11.9 Å². The van der Waals surface area contributed by atoms with Gasteiger partial charge < -0.3 is 4.90 Å². The molecule has 1 atom stereocenters. The number of nitrogens with zero attached hydrogens (tertiary/aromatic N) is 2. The smallest absolute Gasteiger partial charge is 0.219 e. The van der Waals surface area contributed by atoms with E-state index in [2.05, 4.69) is 11.9 Å². The highest BCUT2D eigenvalue weighted by Gasteiger charge is 2.28. The Morgan fingerprint density at radius 2 is 2.40 bits per heavy atom. The van der Waals surface area contributed by atoms with Gasteiger partial charge in [-0.15, -0.1) is 0 Å². The van der Waals surface area contributed by atoms with Crippen LogP contribution in [0.3, 0.4) is 0 Å². The SMILES string of the molecule is CC(=O)N1CCCC1c1ccncc1C. The number of carbonyl (C=O) groups excluding carboxylic acids is 1. The Labute approximate surface area is 90.1 Å². The average Bonchev–Trinajstić information content (AvgIpc) is 2.67. The predicted molar refractivity (Wildman–Crippen MR) is 58.3 cm³/mol. The highest BCUT2D eigenvalue weighted by molar-refractivity contribution is 5.74. The number of amides is 1. The third kappa shape index (κ3) is 1.87. The van der Waals surface area contributed by atoms with Gasteiger partial charge in [0.1, 0.15) is 0 Å². The van der Waals surface area contributed by atoms with E-state index >= 15 is 0 Å². The second kappa shape index (κ2) is 4.01. The van der Waals surface area contributed by atoms with Gasteiger partial charge in [0.25, 0.3) is 0 Å². The molecule has 80 valence electrons. The molecule has 2 heterocycles. The Kier molecular flexibility index (Phi) is 2.71. The van der Waals surface area contributed by atoms with E-state index in [1.54, 1.807) is 13.1 Å². The topological polar surface area (TPSA) is 33.2 Å². The van der Waals surface area contributed by atoms with Crippen LogP contribution in [0.15, 0.2) is 18.5 Å². The lowest BCUT2D eigenvalue weighted by Crippen LogP contribution is -2.28. The molecule has 15 heavy (non-hydrogen) atoms. The molecule has 0 bridgehead atoms. The van der Waals surface area contributed by atoms with Gasteiger partial charge >= 0.3 is 0 Å². The molecule has 1 amide bonds. The van der Waals surface area contributed by atoms with Crippen LogP contribution >= 0.6 is 0 Å². The number of rotatable bonds is 1. The molecule has 3 nitrogen and oxygen atoms in total. The molecular weight excluding hydrogens is 188 g/mol. The van der Waals surface area contributed by atoms with Gasteiger partial charge in [0.15, 0.2) is 0 Å².